The lowest BCUT2D eigenvalue weighted by atomic mass is 9.78. The number of nitrogens with zero attached hydrogens (tertiary/aromatic N) is 2. The zero-order valence-electron chi connectivity index (χ0n) is 16.1. The Hall–Kier alpha value is -1.79. The molecule has 0 bridgehead atoms. The molecule has 0 aliphatic rings. The van der Waals surface area contributed by atoms with Crippen molar-refractivity contribution in [1.29, 1.82) is 0 Å². The summed E-state index contributed by atoms with van der Waals surface area (Å²) >= 11 is 18.2. The maximum absolute atomic E-state index is 11.7. The number of benzene rings is 2. The summed E-state index contributed by atoms with van der Waals surface area (Å²) in [5.74, 6) is 0.948. The summed E-state index contributed by atoms with van der Waals surface area (Å²) in [4.78, 5) is 4.17. The van der Waals surface area contributed by atoms with Gasteiger partial charge in [-0.3, -0.25) is 5.10 Å². The van der Waals surface area contributed by atoms with E-state index < -0.39 is 11.2 Å². The van der Waals surface area contributed by atoms with Gasteiger partial charge in [-0.25, -0.2) is 4.98 Å². The lowest BCUT2D eigenvalue weighted by Gasteiger charge is -2.42. The lowest BCUT2D eigenvalue weighted by Crippen LogP contribution is -2.56. The molecule has 0 aliphatic heterocycles. The topological polar surface area (TPSA) is 71.0 Å². The first kappa shape index (κ1) is 21.9. The Morgan fingerprint density at radius 1 is 1.03 bits per heavy atom. The summed E-state index contributed by atoms with van der Waals surface area (Å²) in [6.45, 7) is 3.65. The monoisotopic (exact) mass is 453 g/mol. The van der Waals surface area contributed by atoms with E-state index >= 15 is 0 Å². The third kappa shape index (κ3) is 5.43. The van der Waals surface area contributed by atoms with Crippen LogP contribution in [0.4, 0.5) is 0 Å². The van der Waals surface area contributed by atoms with Gasteiger partial charge in [-0.1, -0.05) is 46.9 Å². The Kier molecular flexibility index (Phi) is 6.74. The summed E-state index contributed by atoms with van der Waals surface area (Å²) in [5.41, 5.74) is -1.22. The zero-order chi connectivity index (χ0) is 21.1. The third-order valence-electron chi connectivity index (χ3n) is 5.04. The van der Waals surface area contributed by atoms with E-state index in [-0.39, 0.29) is 6.42 Å². The molecule has 154 valence electrons. The molecular weight excluding hydrogens is 433 g/mol. The minimum atomic E-state index is -1.28. The normalized spacial score (nSPS) is 13.9. The predicted octanol–water partition coefficient (Wildman–Crippen LogP) is 5.53. The number of ether oxygens (including phenoxy) is 1. The first-order valence-electron chi connectivity index (χ1n) is 9.14. The highest BCUT2D eigenvalue weighted by atomic mass is 35.5. The Morgan fingerprint density at radius 2 is 1.72 bits per heavy atom. The SMILES string of the molecule is CC(C)(Oc1ccc(Cl)cc1Cl)C(O)(CCc1ccc(Cl)cc1)Cc1nc[nH]n1. The number of rotatable bonds is 8. The number of aliphatic hydroxyl groups is 1. The number of aryl methyl sites for hydroxylation is 1. The van der Waals surface area contributed by atoms with Crippen molar-refractivity contribution in [3.63, 3.8) is 0 Å². The number of aromatic nitrogens is 3. The molecule has 0 saturated carbocycles. The number of halogens is 3. The molecule has 3 aromatic rings. The Labute approximate surface area is 185 Å². The molecule has 0 saturated heterocycles. The second-order valence-electron chi connectivity index (χ2n) is 7.44. The van der Waals surface area contributed by atoms with Crippen molar-refractivity contribution in [2.75, 3.05) is 0 Å². The fourth-order valence-corrected chi connectivity index (χ4v) is 3.69. The molecule has 1 aromatic heterocycles. The average Bonchev–Trinajstić information content (AvgIpc) is 3.16. The summed E-state index contributed by atoms with van der Waals surface area (Å²) in [7, 11) is 0. The van der Waals surface area contributed by atoms with Crippen LogP contribution >= 0.6 is 34.8 Å². The Bertz CT molecular complexity index is 946. The van der Waals surface area contributed by atoms with E-state index in [0.29, 0.717) is 39.5 Å². The average molecular weight is 455 g/mol. The van der Waals surface area contributed by atoms with Gasteiger partial charge in [0.1, 0.15) is 23.3 Å². The molecule has 8 heteroatoms. The van der Waals surface area contributed by atoms with Crippen molar-refractivity contribution >= 4 is 34.8 Å². The van der Waals surface area contributed by atoms with Crippen molar-refractivity contribution in [2.45, 2.75) is 44.3 Å². The van der Waals surface area contributed by atoms with E-state index in [1.807, 2.05) is 38.1 Å². The van der Waals surface area contributed by atoms with Gasteiger partial charge in [0.05, 0.1) is 5.02 Å². The zero-order valence-corrected chi connectivity index (χ0v) is 18.4. The molecule has 2 aromatic carbocycles. The molecule has 0 spiro atoms. The van der Waals surface area contributed by atoms with E-state index in [1.165, 1.54) is 6.33 Å². The van der Waals surface area contributed by atoms with E-state index in [9.17, 15) is 5.11 Å². The van der Waals surface area contributed by atoms with E-state index in [0.717, 1.165) is 5.56 Å². The number of nitrogens with one attached hydrogen (secondary N) is 1. The van der Waals surface area contributed by atoms with Gasteiger partial charge in [-0.15, -0.1) is 0 Å². The number of hydrogen-bond acceptors (Lipinski definition) is 4. The molecule has 1 unspecified atom stereocenters. The first-order chi connectivity index (χ1) is 13.7. The van der Waals surface area contributed by atoms with Crippen LogP contribution in [0.3, 0.4) is 0 Å². The highest BCUT2D eigenvalue weighted by Gasteiger charge is 2.46. The van der Waals surface area contributed by atoms with Crippen LogP contribution in [0.25, 0.3) is 0 Å². The van der Waals surface area contributed by atoms with Crippen molar-refractivity contribution in [2.24, 2.45) is 0 Å². The van der Waals surface area contributed by atoms with Crippen molar-refractivity contribution in [3.8, 4) is 5.75 Å². The number of aromatic amines is 1. The van der Waals surface area contributed by atoms with Gasteiger partial charge >= 0.3 is 0 Å². The summed E-state index contributed by atoms with van der Waals surface area (Å²) in [5, 5.41) is 20.1. The Balaban J connectivity index is 1.86. The van der Waals surface area contributed by atoms with Gasteiger partial charge in [-0.05, 0) is 62.6 Å². The quantitative estimate of drug-likeness (QED) is 0.469. The van der Waals surface area contributed by atoms with Crippen LogP contribution in [-0.2, 0) is 12.8 Å². The van der Waals surface area contributed by atoms with Crippen molar-refractivity contribution in [1.82, 2.24) is 15.2 Å². The predicted molar refractivity (Wildman–Crippen MR) is 116 cm³/mol. The fourth-order valence-electron chi connectivity index (χ4n) is 3.11. The van der Waals surface area contributed by atoms with Crippen LogP contribution < -0.4 is 4.74 Å². The van der Waals surface area contributed by atoms with E-state index in [2.05, 4.69) is 15.2 Å². The number of hydrogen-bond donors (Lipinski definition) is 2. The van der Waals surface area contributed by atoms with Crippen LogP contribution in [0.5, 0.6) is 5.75 Å². The van der Waals surface area contributed by atoms with Crippen LogP contribution in [-0.4, -0.2) is 31.5 Å². The second-order valence-corrected chi connectivity index (χ2v) is 8.72. The molecule has 5 nitrogen and oxygen atoms in total. The van der Waals surface area contributed by atoms with Crippen molar-refractivity contribution in [3.05, 3.63) is 75.2 Å². The summed E-state index contributed by atoms with van der Waals surface area (Å²) in [6.07, 6.45) is 2.74. The largest absolute Gasteiger partial charge is 0.483 e. The Morgan fingerprint density at radius 3 is 2.34 bits per heavy atom. The van der Waals surface area contributed by atoms with Gasteiger partial charge < -0.3 is 9.84 Å². The van der Waals surface area contributed by atoms with E-state index in [1.54, 1.807) is 18.2 Å². The molecule has 0 aliphatic carbocycles. The highest BCUT2D eigenvalue weighted by molar-refractivity contribution is 6.35. The maximum atomic E-state index is 11.7. The van der Waals surface area contributed by atoms with Crippen LogP contribution in [0.2, 0.25) is 15.1 Å². The van der Waals surface area contributed by atoms with Gasteiger partial charge in [0.25, 0.3) is 0 Å². The molecule has 1 atom stereocenters. The van der Waals surface area contributed by atoms with Crippen molar-refractivity contribution < 1.29 is 9.84 Å². The third-order valence-corrected chi connectivity index (χ3v) is 5.82. The minimum Gasteiger partial charge on any atom is -0.483 e. The van der Waals surface area contributed by atoms with Gasteiger partial charge in [0.15, 0.2) is 5.82 Å². The summed E-state index contributed by atoms with van der Waals surface area (Å²) in [6, 6.07) is 12.6. The fraction of sp³-hybridized carbons (Fsp3) is 0.333. The first-order valence-corrected chi connectivity index (χ1v) is 10.3. The smallest absolute Gasteiger partial charge is 0.153 e. The van der Waals surface area contributed by atoms with E-state index in [4.69, 9.17) is 39.5 Å². The van der Waals surface area contributed by atoms with Crippen LogP contribution in [0, 0.1) is 0 Å². The van der Waals surface area contributed by atoms with Gasteiger partial charge in [-0.2, -0.15) is 5.10 Å². The minimum absolute atomic E-state index is 0.211. The highest BCUT2D eigenvalue weighted by Crippen LogP contribution is 2.37. The van der Waals surface area contributed by atoms with Crippen LogP contribution in [0.1, 0.15) is 31.7 Å². The second kappa shape index (κ2) is 8.92. The molecule has 2 N–H and O–H groups in total. The molecule has 3 rings (SSSR count). The molecule has 0 radical (unpaired) electrons. The maximum Gasteiger partial charge on any atom is 0.153 e. The molecule has 0 fully saturated rings. The molecule has 29 heavy (non-hydrogen) atoms. The molecular formula is C21H22Cl3N3O2. The van der Waals surface area contributed by atoms with Gasteiger partial charge in [0, 0.05) is 16.5 Å². The van der Waals surface area contributed by atoms with Crippen LogP contribution in [0.15, 0.2) is 48.8 Å². The summed E-state index contributed by atoms with van der Waals surface area (Å²) < 4.78 is 6.18. The lowest BCUT2D eigenvalue weighted by molar-refractivity contribution is -0.120. The van der Waals surface area contributed by atoms with Gasteiger partial charge in [0.2, 0.25) is 0 Å². The standard InChI is InChI=1S/C21H22Cl3N3O2/c1-20(2,29-18-8-7-16(23)11-17(18)24)21(28,12-19-25-13-26-27-19)10-9-14-3-5-15(22)6-4-14/h3-8,11,13,28H,9-10,12H2,1-2H3,(H,25,26,27). The molecule has 1 heterocycles. The molecule has 0 amide bonds. The number of H-pyrrole nitrogens is 1.